The molecule has 2 aromatic carbocycles. The minimum Gasteiger partial charge on any atom is -0.427 e. The first kappa shape index (κ1) is 25.4. The Morgan fingerprint density at radius 2 is 1.78 bits per heavy atom. The molecule has 0 heterocycles. The number of hydrogen-bond donors (Lipinski definition) is 1. The van der Waals surface area contributed by atoms with Crippen LogP contribution in [-0.2, 0) is 6.42 Å². The van der Waals surface area contributed by atoms with Crippen LogP contribution in [0.5, 0.6) is 5.75 Å². The number of aryl methyl sites for hydroxylation is 1. The molecule has 0 atom stereocenters. The number of alkyl halides is 4. The molecule has 0 bridgehead atoms. The van der Waals surface area contributed by atoms with Crippen molar-refractivity contribution < 1.29 is 32.1 Å². The number of anilines is 2. The number of ether oxygens (including phenoxy) is 1. The maximum Gasteiger partial charge on any atom is 0.461 e. The molecule has 0 saturated carbocycles. The lowest BCUT2D eigenvalue weighted by Gasteiger charge is -2.20. The molecule has 32 heavy (non-hydrogen) atoms. The van der Waals surface area contributed by atoms with Crippen LogP contribution < -0.4 is 10.1 Å². The Hall–Kier alpha value is -2.86. The highest BCUT2D eigenvalue weighted by Crippen LogP contribution is 2.44. The van der Waals surface area contributed by atoms with E-state index < -0.39 is 44.5 Å². The summed E-state index contributed by atoms with van der Waals surface area (Å²) in [5.41, 5.74) is -1.61. The molecule has 8 nitrogen and oxygen atoms in total. The van der Waals surface area contributed by atoms with Crippen LogP contribution in [0.4, 0.5) is 40.3 Å². The van der Waals surface area contributed by atoms with E-state index in [-0.39, 0.29) is 28.4 Å². The van der Waals surface area contributed by atoms with Crippen LogP contribution in [0.25, 0.3) is 0 Å². The molecule has 0 spiro atoms. The summed E-state index contributed by atoms with van der Waals surface area (Å²) in [6.45, 7) is 1.83. The molecular formula is C18H15Cl2F4N3O5. The maximum absolute atomic E-state index is 13.3. The van der Waals surface area contributed by atoms with E-state index >= 15 is 0 Å². The fourth-order valence-electron chi connectivity index (χ4n) is 2.67. The minimum atomic E-state index is -4.86. The number of hydrogen-bond acceptors (Lipinski definition) is 6. The zero-order valence-electron chi connectivity index (χ0n) is 16.2. The number of non-ortho nitro benzene ring substituents is 1. The predicted octanol–water partition coefficient (Wildman–Crippen LogP) is 7.13. The summed E-state index contributed by atoms with van der Waals surface area (Å²) in [7, 11) is 0. The van der Waals surface area contributed by atoms with Crippen molar-refractivity contribution in [3.8, 4) is 5.75 Å². The molecule has 0 saturated heterocycles. The zero-order chi connectivity index (χ0) is 24.2. The number of halogens is 6. The largest absolute Gasteiger partial charge is 0.461 e. The van der Waals surface area contributed by atoms with Crippen LogP contribution in [0.1, 0.15) is 25.3 Å². The molecule has 0 aromatic heterocycles. The molecule has 0 amide bonds. The highest BCUT2D eigenvalue weighted by atomic mass is 35.5. The van der Waals surface area contributed by atoms with Crippen LogP contribution in [-0.4, -0.2) is 22.4 Å². The lowest BCUT2D eigenvalue weighted by atomic mass is 10.0. The fourth-order valence-corrected chi connectivity index (χ4v) is 3.17. The number of rotatable bonds is 10. The Morgan fingerprint density at radius 3 is 2.31 bits per heavy atom. The summed E-state index contributed by atoms with van der Waals surface area (Å²) in [6, 6.07) is 3.67. The first-order valence-electron chi connectivity index (χ1n) is 8.94. The van der Waals surface area contributed by atoms with Crippen molar-refractivity contribution in [1.29, 1.82) is 0 Å². The third-order valence-electron chi connectivity index (χ3n) is 4.20. The number of nitro benzene ring substituents is 2. The van der Waals surface area contributed by atoms with Crippen LogP contribution in [0, 0.1) is 20.2 Å². The standard InChI is InChI=1S/C18H15Cl2F4N3O5/c1-2-3-4-9-7-10(26(28)29)8-12(27(30)31)15(9)25-16-11(19)5-6-13(14(16)20)32-18(23,24)17(21)22/h5-8,17,25H,2-4H2,1H3. The lowest BCUT2D eigenvalue weighted by molar-refractivity contribution is -0.393. The molecule has 0 aliphatic rings. The zero-order valence-corrected chi connectivity index (χ0v) is 17.7. The second-order valence-corrected chi connectivity index (χ2v) is 7.23. The van der Waals surface area contributed by atoms with Gasteiger partial charge in [0.05, 0.1) is 26.6 Å². The van der Waals surface area contributed by atoms with E-state index in [0.29, 0.717) is 18.9 Å². The predicted molar refractivity (Wildman–Crippen MR) is 110 cm³/mol. The lowest BCUT2D eigenvalue weighted by Crippen LogP contribution is -2.33. The number of benzene rings is 2. The van der Waals surface area contributed by atoms with Crippen LogP contribution >= 0.6 is 23.2 Å². The molecule has 0 radical (unpaired) electrons. The molecule has 0 fully saturated rings. The summed E-state index contributed by atoms with van der Waals surface area (Å²) in [6.07, 6.45) is -7.65. The molecule has 1 N–H and O–H groups in total. The highest BCUT2D eigenvalue weighted by Gasteiger charge is 2.44. The molecule has 14 heteroatoms. The molecule has 0 aliphatic heterocycles. The Balaban J connectivity index is 2.63. The quantitative estimate of drug-likeness (QED) is 0.211. The monoisotopic (exact) mass is 499 g/mol. The van der Waals surface area contributed by atoms with Gasteiger partial charge in [0.1, 0.15) is 16.5 Å². The van der Waals surface area contributed by atoms with E-state index in [4.69, 9.17) is 23.2 Å². The van der Waals surface area contributed by atoms with E-state index in [1.54, 1.807) is 0 Å². The number of nitrogens with zero attached hydrogens (tertiary/aromatic N) is 2. The van der Waals surface area contributed by atoms with Crippen LogP contribution in [0.3, 0.4) is 0 Å². The molecule has 174 valence electrons. The summed E-state index contributed by atoms with van der Waals surface area (Å²) in [5, 5.41) is 24.5. The van der Waals surface area contributed by atoms with Crippen molar-refractivity contribution in [2.45, 2.75) is 38.7 Å². The van der Waals surface area contributed by atoms with Gasteiger partial charge in [0.25, 0.3) is 11.4 Å². The first-order chi connectivity index (χ1) is 14.9. The van der Waals surface area contributed by atoms with Gasteiger partial charge in [0.15, 0.2) is 0 Å². The van der Waals surface area contributed by atoms with Gasteiger partial charge < -0.3 is 10.1 Å². The van der Waals surface area contributed by atoms with Crippen molar-refractivity contribution in [2.24, 2.45) is 0 Å². The Labute approximate surface area is 188 Å². The summed E-state index contributed by atoms with van der Waals surface area (Å²) < 4.78 is 55.6. The first-order valence-corrected chi connectivity index (χ1v) is 9.70. The van der Waals surface area contributed by atoms with Gasteiger partial charge in [0.2, 0.25) is 0 Å². The summed E-state index contributed by atoms with van der Waals surface area (Å²) in [5.74, 6) is -0.858. The maximum atomic E-state index is 13.3. The summed E-state index contributed by atoms with van der Waals surface area (Å²) in [4.78, 5) is 21.1. The van der Waals surface area contributed by atoms with Crippen molar-refractivity contribution >= 4 is 46.0 Å². The fraction of sp³-hybridized carbons (Fsp3) is 0.333. The van der Waals surface area contributed by atoms with Crippen molar-refractivity contribution in [3.05, 3.63) is 60.1 Å². The highest BCUT2D eigenvalue weighted by molar-refractivity contribution is 6.40. The van der Waals surface area contributed by atoms with Crippen molar-refractivity contribution in [3.63, 3.8) is 0 Å². The van der Waals surface area contributed by atoms with E-state index in [9.17, 15) is 37.8 Å². The van der Waals surface area contributed by atoms with Gasteiger partial charge in [-0.25, -0.2) is 0 Å². The van der Waals surface area contributed by atoms with Gasteiger partial charge in [-0.05, 0) is 30.5 Å². The topological polar surface area (TPSA) is 108 Å². The van der Waals surface area contributed by atoms with E-state index in [1.165, 1.54) is 0 Å². The summed E-state index contributed by atoms with van der Waals surface area (Å²) >= 11 is 12.1. The van der Waals surface area contributed by atoms with E-state index in [1.807, 2.05) is 6.92 Å². The van der Waals surface area contributed by atoms with Crippen molar-refractivity contribution in [1.82, 2.24) is 0 Å². The SMILES string of the molecule is CCCCc1cc([N+](=O)[O-])cc([N+](=O)[O-])c1Nc1c(Cl)ccc(OC(F)(F)C(F)F)c1Cl. The van der Waals surface area contributed by atoms with Gasteiger partial charge >= 0.3 is 12.5 Å². The Kier molecular flexibility index (Phi) is 8.07. The average molecular weight is 500 g/mol. The molecular weight excluding hydrogens is 485 g/mol. The Morgan fingerprint density at radius 1 is 1.12 bits per heavy atom. The molecule has 2 aromatic rings. The van der Waals surface area contributed by atoms with Gasteiger partial charge in [-0.1, -0.05) is 36.5 Å². The molecule has 0 aliphatic carbocycles. The third-order valence-corrected chi connectivity index (χ3v) is 4.89. The normalized spacial score (nSPS) is 11.5. The second kappa shape index (κ2) is 10.2. The van der Waals surface area contributed by atoms with Crippen LogP contribution in [0.2, 0.25) is 10.0 Å². The van der Waals surface area contributed by atoms with E-state index in [2.05, 4.69) is 10.1 Å². The smallest absolute Gasteiger partial charge is 0.427 e. The van der Waals surface area contributed by atoms with Gasteiger partial charge in [-0.2, -0.15) is 17.6 Å². The average Bonchev–Trinajstić information content (AvgIpc) is 2.71. The minimum absolute atomic E-state index is 0.170. The number of nitrogens with one attached hydrogen (secondary N) is 1. The third kappa shape index (κ3) is 5.68. The van der Waals surface area contributed by atoms with Crippen LogP contribution in [0.15, 0.2) is 24.3 Å². The van der Waals surface area contributed by atoms with Gasteiger partial charge in [-0.15, -0.1) is 0 Å². The van der Waals surface area contributed by atoms with E-state index in [0.717, 1.165) is 18.2 Å². The molecule has 0 unspecified atom stereocenters. The number of unbranched alkanes of at least 4 members (excludes halogenated alkanes) is 1. The van der Waals surface area contributed by atoms with Gasteiger partial charge in [-0.3, -0.25) is 20.2 Å². The van der Waals surface area contributed by atoms with Crippen molar-refractivity contribution in [2.75, 3.05) is 5.32 Å². The second-order valence-electron chi connectivity index (χ2n) is 6.44. The Bertz CT molecular complexity index is 1040. The molecule has 2 rings (SSSR count). The van der Waals surface area contributed by atoms with Gasteiger partial charge in [0, 0.05) is 6.07 Å². The number of nitro groups is 2.